The second-order valence-corrected chi connectivity index (χ2v) is 10.5. The first-order valence-electron chi connectivity index (χ1n) is 11.2. The normalized spacial score (nSPS) is 16.4. The molecule has 4 rings (SSSR count). The fourth-order valence-electron chi connectivity index (χ4n) is 4.02. The van der Waals surface area contributed by atoms with Gasteiger partial charge in [0.05, 0.1) is 29.2 Å². The van der Waals surface area contributed by atoms with Crippen LogP contribution in [-0.2, 0) is 16.3 Å². The molecule has 0 fully saturated rings. The van der Waals surface area contributed by atoms with Gasteiger partial charge in [-0.1, -0.05) is 13.0 Å². The van der Waals surface area contributed by atoms with E-state index >= 15 is 0 Å². The zero-order valence-electron chi connectivity index (χ0n) is 19.8. The highest BCUT2D eigenvalue weighted by Crippen LogP contribution is 2.39. The molecule has 3 heterocycles. The monoisotopic (exact) mass is 537 g/mol. The highest BCUT2D eigenvalue weighted by molar-refractivity contribution is 7.90. The number of alkyl halides is 3. The van der Waals surface area contributed by atoms with Crippen molar-refractivity contribution >= 4 is 27.3 Å². The van der Waals surface area contributed by atoms with Gasteiger partial charge in [-0.3, -0.25) is 4.90 Å². The number of fused-ring (bicyclic) bond motifs is 1. The summed E-state index contributed by atoms with van der Waals surface area (Å²) >= 11 is 0. The van der Waals surface area contributed by atoms with E-state index in [2.05, 4.69) is 15.4 Å². The molecule has 0 bridgehead atoms. The van der Waals surface area contributed by atoms with E-state index in [1.807, 2.05) is 0 Å². The van der Waals surface area contributed by atoms with Gasteiger partial charge >= 0.3 is 12.2 Å². The van der Waals surface area contributed by atoms with E-state index in [1.165, 1.54) is 53.5 Å². The molecule has 0 saturated carbocycles. The van der Waals surface area contributed by atoms with Gasteiger partial charge in [0.15, 0.2) is 14.9 Å². The first kappa shape index (κ1) is 26.3. The summed E-state index contributed by atoms with van der Waals surface area (Å²) in [5.74, 6) is -2.37. The van der Waals surface area contributed by atoms with Gasteiger partial charge in [0.25, 0.3) is 0 Å². The van der Waals surface area contributed by atoms with Crippen LogP contribution >= 0.6 is 0 Å². The van der Waals surface area contributed by atoms with Crippen LogP contribution in [0.5, 0.6) is 0 Å². The number of carbonyl (C=O) groups is 1. The van der Waals surface area contributed by atoms with Crippen molar-refractivity contribution < 1.29 is 30.8 Å². The summed E-state index contributed by atoms with van der Waals surface area (Å²) in [6.07, 6.45) is 0.616. The number of hydrogen-bond donors (Lipinski definition) is 1. The summed E-state index contributed by atoms with van der Waals surface area (Å²) in [4.78, 5) is 18.1. The number of rotatable bonds is 5. The maximum absolute atomic E-state index is 13.9. The topological polar surface area (TPSA) is 97.2 Å². The fourth-order valence-corrected chi connectivity index (χ4v) is 4.62. The molecular weight excluding hydrogens is 514 g/mol. The van der Waals surface area contributed by atoms with Crippen LogP contribution in [0.15, 0.2) is 59.9 Å². The first-order chi connectivity index (χ1) is 17.4. The van der Waals surface area contributed by atoms with Crippen LogP contribution in [0.3, 0.4) is 0 Å². The van der Waals surface area contributed by atoms with Crippen molar-refractivity contribution in [1.82, 2.24) is 20.1 Å². The third-order valence-corrected chi connectivity index (χ3v) is 6.82. The number of aromatic nitrogens is 3. The molecular formula is C24H23F4N5O3S. The third-order valence-electron chi connectivity index (χ3n) is 5.84. The number of nitrogens with one attached hydrogen (secondary N) is 1. The average Bonchev–Trinajstić information content (AvgIpc) is 3.27. The SMILES string of the molecule is CC/C=C(/NC(=O)N1CC(C(F)(F)F)Cc2c1cnn2-c1ccc(F)cc1)c1ccnc(S(C)(=O)=O)c1. The lowest BCUT2D eigenvalue weighted by molar-refractivity contribution is -0.172. The van der Waals surface area contributed by atoms with Gasteiger partial charge in [-0.25, -0.2) is 27.3 Å². The zero-order chi connectivity index (χ0) is 27.0. The van der Waals surface area contributed by atoms with E-state index in [0.29, 0.717) is 17.7 Å². The quantitative estimate of drug-likeness (QED) is 0.483. The molecule has 1 aromatic carbocycles. The largest absolute Gasteiger partial charge is 0.393 e. The van der Waals surface area contributed by atoms with E-state index in [9.17, 15) is 30.8 Å². The number of nitrogens with zero attached hydrogens (tertiary/aromatic N) is 4. The standard InChI is InChI=1S/C24H23F4N5O3S/c1-3-4-19(15-9-10-29-22(11-15)37(2,35)36)31-23(34)32-14-16(24(26,27)28)12-20-21(32)13-30-33(20)18-7-5-17(25)6-8-18/h4-11,13,16H,3,12,14H2,1-2H3,(H,31,34)/b19-4+. The lowest BCUT2D eigenvalue weighted by Gasteiger charge is -2.34. The summed E-state index contributed by atoms with van der Waals surface area (Å²) in [6.45, 7) is 1.15. The van der Waals surface area contributed by atoms with Crippen LogP contribution < -0.4 is 10.2 Å². The van der Waals surface area contributed by atoms with Crippen molar-refractivity contribution in [2.24, 2.45) is 5.92 Å². The summed E-state index contributed by atoms with van der Waals surface area (Å²) < 4.78 is 80.1. The van der Waals surface area contributed by atoms with Gasteiger partial charge in [-0.15, -0.1) is 0 Å². The Balaban J connectivity index is 1.71. The molecule has 37 heavy (non-hydrogen) atoms. The van der Waals surface area contributed by atoms with Crippen LogP contribution in [0.4, 0.5) is 28.0 Å². The van der Waals surface area contributed by atoms with Gasteiger partial charge < -0.3 is 5.32 Å². The van der Waals surface area contributed by atoms with E-state index in [-0.39, 0.29) is 22.1 Å². The molecule has 0 spiro atoms. The van der Waals surface area contributed by atoms with Crippen molar-refractivity contribution in [1.29, 1.82) is 0 Å². The number of sulfone groups is 1. The van der Waals surface area contributed by atoms with Gasteiger partial charge in [0, 0.05) is 36.7 Å². The Labute approximate surface area is 210 Å². The van der Waals surface area contributed by atoms with Crippen LogP contribution in [0.2, 0.25) is 0 Å². The molecule has 8 nitrogen and oxygen atoms in total. The minimum absolute atomic E-state index is 0.152. The average molecular weight is 538 g/mol. The lowest BCUT2D eigenvalue weighted by atomic mass is 9.96. The lowest BCUT2D eigenvalue weighted by Crippen LogP contribution is -2.48. The Morgan fingerprint density at radius 3 is 2.54 bits per heavy atom. The highest BCUT2D eigenvalue weighted by Gasteiger charge is 2.46. The van der Waals surface area contributed by atoms with Gasteiger partial charge in [-0.05, 0) is 42.8 Å². The molecule has 0 saturated heterocycles. The number of urea groups is 1. The highest BCUT2D eigenvalue weighted by atomic mass is 32.2. The summed E-state index contributed by atoms with van der Waals surface area (Å²) in [5.41, 5.74) is 1.24. The first-order valence-corrected chi connectivity index (χ1v) is 13.1. The number of benzene rings is 1. The van der Waals surface area contributed by atoms with Crippen molar-refractivity contribution in [2.45, 2.75) is 31.0 Å². The number of halogens is 4. The molecule has 1 unspecified atom stereocenters. The minimum atomic E-state index is -4.59. The van der Waals surface area contributed by atoms with E-state index < -0.39 is 46.7 Å². The van der Waals surface area contributed by atoms with Crippen molar-refractivity contribution in [3.8, 4) is 5.69 Å². The third kappa shape index (κ3) is 5.66. The molecule has 1 N–H and O–H groups in total. The summed E-state index contributed by atoms with van der Waals surface area (Å²) in [5, 5.41) is 6.59. The van der Waals surface area contributed by atoms with Gasteiger partial charge in [-0.2, -0.15) is 18.3 Å². The van der Waals surface area contributed by atoms with E-state index in [1.54, 1.807) is 13.0 Å². The second kappa shape index (κ2) is 9.96. The van der Waals surface area contributed by atoms with Crippen LogP contribution in [0.1, 0.15) is 24.6 Å². The number of carbonyl (C=O) groups excluding carboxylic acids is 1. The Kier molecular flexibility index (Phi) is 7.09. The van der Waals surface area contributed by atoms with E-state index in [0.717, 1.165) is 11.2 Å². The van der Waals surface area contributed by atoms with Crippen LogP contribution in [0.25, 0.3) is 11.4 Å². The van der Waals surface area contributed by atoms with Gasteiger partial charge in [0.1, 0.15) is 5.82 Å². The fraction of sp³-hybridized carbons (Fsp3) is 0.292. The summed E-state index contributed by atoms with van der Waals surface area (Å²) in [7, 11) is -3.63. The van der Waals surface area contributed by atoms with Crippen LogP contribution in [0, 0.1) is 11.7 Å². The molecule has 2 amide bonds. The second-order valence-electron chi connectivity index (χ2n) is 8.53. The molecule has 0 radical (unpaired) electrons. The smallest absolute Gasteiger partial charge is 0.307 e. The molecule has 2 aromatic heterocycles. The number of allylic oxidation sites excluding steroid dienone is 1. The van der Waals surface area contributed by atoms with Crippen molar-refractivity contribution in [3.63, 3.8) is 0 Å². The van der Waals surface area contributed by atoms with Gasteiger partial charge in [0.2, 0.25) is 0 Å². The zero-order valence-corrected chi connectivity index (χ0v) is 20.6. The molecule has 13 heteroatoms. The molecule has 3 aromatic rings. The molecule has 196 valence electrons. The maximum Gasteiger partial charge on any atom is 0.393 e. The molecule has 1 aliphatic rings. The Bertz CT molecular complexity index is 1450. The number of anilines is 1. The Hall–Kier alpha value is -3.74. The predicted molar refractivity (Wildman–Crippen MR) is 128 cm³/mol. The predicted octanol–water partition coefficient (Wildman–Crippen LogP) is 4.51. The van der Waals surface area contributed by atoms with Crippen LogP contribution in [-0.4, -0.2) is 48.2 Å². The molecule has 1 aliphatic heterocycles. The van der Waals surface area contributed by atoms with E-state index in [4.69, 9.17) is 0 Å². The van der Waals surface area contributed by atoms with Crippen molar-refractivity contribution in [2.75, 3.05) is 17.7 Å². The van der Waals surface area contributed by atoms with Crippen molar-refractivity contribution in [3.05, 3.63) is 71.9 Å². The number of pyridine rings is 1. The number of amides is 2. The molecule has 0 aliphatic carbocycles. The maximum atomic E-state index is 13.9. The Morgan fingerprint density at radius 2 is 1.92 bits per heavy atom. The minimum Gasteiger partial charge on any atom is -0.307 e. The Morgan fingerprint density at radius 1 is 1.22 bits per heavy atom. The summed E-state index contributed by atoms with van der Waals surface area (Å²) in [6, 6.07) is 7.03. The molecule has 1 atom stereocenters. The number of hydrogen-bond acceptors (Lipinski definition) is 5.